The summed E-state index contributed by atoms with van der Waals surface area (Å²) in [6.07, 6.45) is 0.288. The van der Waals surface area contributed by atoms with Gasteiger partial charge in [0.05, 0.1) is 16.7 Å². The number of nitrogens with zero attached hydrogens (tertiary/aromatic N) is 4. The van der Waals surface area contributed by atoms with Crippen molar-refractivity contribution in [2.75, 3.05) is 36.4 Å². The smallest absolute Gasteiger partial charge is 0.353 e. The molecule has 4 rings (SSSR count). The number of carbonyl (C=O) groups excluding carboxylic acids is 1. The molecule has 1 fully saturated rings. The van der Waals surface area contributed by atoms with E-state index in [0.29, 0.717) is 24.6 Å². The zero-order chi connectivity index (χ0) is 24.3. The Bertz CT molecular complexity index is 1240. The molecule has 0 saturated carbocycles. The lowest BCUT2D eigenvalue weighted by Gasteiger charge is -2.34. The van der Waals surface area contributed by atoms with Crippen LogP contribution in [0.3, 0.4) is 0 Å². The van der Waals surface area contributed by atoms with Gasteiger partial charge in [-0.3, -0.25) is 9.78 Å². The van der Waals surface area contributed by atoms with Gasteiger partial charge in [-0.15, -0.1) is 0 Å². The summed E-state index contributed by atoms with van der Waals surface area (Å²) in [5.41, 5.74) is -0.488. The highest BCUT2D eigenvalue weighted by Crippen LogP contribution is 2.29. The number of carbonyl (C=O) groups is 1. The van der Waals surface area contributed by atoms with E-state index in [1.807, 2.05) is 4.90 Å². The SMILES string of the molecule is O=C(Nc1ccc(S(=O)(=O)N2CCN(c3cnccn3)CC2)cc1)c1ccc(C(F)(F)F)cc1. The number of aromatic nitrogens is 2. The molecule has 2 aromatic carbocycles. The molecule has 12 heteroatoms. The van der Waals surface area contributed by atoms with Crippen molar-refractivity contribution in [1.82, 2.24) is 14.3 Å². The summed E-state index contributed by atoms with van der Waals surface area (Å²) in [5, 5.41) is 2.55. The highest BCUT2D eigenvalue weighted by Gasteiger charge is 2.30. The van der Waals surface area contributed by atoms with E-state index in [0.717, 1.165) is 24.3 Å². The number of alkyl halides is 3. The lowest BCUT2D eigenvalue weighted by molar-refractivity contribution is -0.137. The predicted octanol–water partition coefficient (Wildman–Crippen LogP) is 3.26. The Balaban J connectivity index is 1.38. The molecular weight excluding hydrogens is 471 g/mol. The third kappa shape index (κ3) is 5.18. The van der Waals surface area contributed by atoms with Gasteiger partial charge >= 0.3 is 6.18 Å². The summed E-state index contributed by atoms with van der Waals surface area (Å²) < 4.78 is 65.4. The summed E-state index contributed by atoms with van der Waals surface area (Å²) in [6.45, 7) is 1.51. The molecule has 1 aromatic heterocycles. The van der Waals surface area contributed by atoms with Gasteiger partial charge in [0.1, 0.15) is 5.82 Å². The molecule has 178 valence electrons. The Morgan fingerprint density at radius 3 is 2.12 bits per heavy atom. The van der Waals surface area contributed by atoms with Crippen molar-refractivity contribution in [3.05, 3.63) is 78.2 Å². The normalized spacial score (nSPS) is 15.2. The molecule has 0 spiro atoms. The molecule has 1 aliphatic rings. The molecule has 0 atom stereocenters. The maximum atomic E-state index is 13.0. The molecule has 1 amide bonds. The highest BCUT2D eigenvalue weighted by molar-refractivity contribution is 7.89. The van der Waals surface area contributed by atoms with E-state index in [2.05, 4.69) is 15.3 Å². The topological polar surface area (TPSA) is 95.5 Å². The van der Waals surface area contributed by atoms with Crippen molar-refractivity contribution < 1.29 is 26.4 Å². The monoisotopic (exact) mass is 491 g/mol. The Kier molecular flexibility index (Phi) is 6.53. The van der Waals surface area contributed by atoms with Gasteiger partial charge in [0.15, 0.2) is 0 Å². The molecule has 0 radical (unpaired) electrons. The molecular formula is C22H20F3N5O3S. The number of hydrogen-bond acceptors (Lipinski definition) is 6. The van der Waals surface area contributed by atoms with Crippen LogP contribution in [-0.4, -0.2) is 54.8 Å². The van der Waals surface area contributed by atoms with Gasteiger partial charge in [-0.1, -0.05) is 0 Å². The zero-order valence-corrected chi connectivity index (χ0v) is 18.6. The second kappa shape index (κ2) is 9.39. The summed E-state index contributed by atoms with van der Waals surface area (Å²) in [5.74, 6) is 0.0807. The Labute approximate surface area is 194 Å². The van der Waals surface area contributed by atoms with Crippen LogP contribution in [0.15, 0.2) is 72.0 Å². The fourth-order valence-electron chi connectivity index (χ4n) is 3.49. The quantitative estimate of drug-likeness (QED) is 0.589. The summed E-state index contributed by atoms with van der Waals surface area (Å²) >= 11 is 0. The first-order chi connectivity index (χ1) is 16.1. The average Bonchev–Trinajstić information content (AvgIpc) is 2.84. The standard InChI is InChI=1S/C22H20F3N5O3S/c23-22(24,25)17-3-1-16(2-4-17)21(31)28-18-5-7-19(8-6-18)34(32,33)30-13-11-29(12-14-30)20-15-26-9-10-27-20/h1-10,15H,11-14H2,(H,28,31). The van der Waals surface area contributed by atoms with Crippen LogP contribution in [0, 0.1) is 0 Å². The van der Waals surface area contributed by atoms with Crippen LogP contribution in [0.25, 0.3) is 0 Å². The van der Waals surface area contributed by atoms with Crippen molar-refractivity contribution >= 4 is 27.4 Å². The van der Waals surface area contributed by atoms with Crippen molar-refractivity contribution in [1.29, 1.82) is 0 Å². The van der Waals surface area contributed by atoms with Crippen molar-refractivity contribution in [3.63, 3.8) is 0 Å². The largest absolute Gasteiger partial charge is 0.416 e. The number of sulfonamides is 1. The van der Waals surface area contributed by atoms with Gasteiger partial charge in [-0.2, -0.15) is 17.5 Å². The van der Waals surface area contributed by atoms with Crippen molar-refractivity contribution in [2.45, 2.75) is 11.1 Å². The van der Waals surface area contributed by atoms with Crippen LogP contribution in [0.5, 0.6) is 0 Å². The Hall–Kier alpha value is -3.51. The van der Waals surface area contributed by atoms with E-state index in [-0.39, 0.29) is 23.5 Å². The van der Waals surface area contributed by atoms with Crippen LogP contribution in [0.4, 0.5) is 24.7 Å². The van der Waals surface area contributed by atoms with Crippen molar-refractivity contribution in [2.24, 2.45) is 0 Å². The second-order valence-electron chi connectivity index (χ2n) is 7.51. The number of nitrogens with one attached hydrogen (secondary N) is 1. The fourth-order valence-corrected chi connectivity index (χ4v) is 4.91. The van der Waals surface area contributed by atoms with Crippen LogP contribution >= 0.6 is 0 Å². The molecule has 2 heterocycles. The number of benzene rings is 2. The van der Waals surface area contributed by atoms with Crippen LogP contribution in [0.1, 0.15) is 15.9 Å². The van der Waals surface area contributed by atoms with E-state index in [1.54, 1.807) is 18.6 Å². The highest BCUT2D eigenvalue weighted by atomic mass is 32.2. The molecule has 8 nitrogen and oxygen atoms in total. The molecule has 3 aromatic rings. The molecule has 1 N–H and O–H groups in total. The number of anilines is 2. The van der Waals surface area contributed by atoms with Crippen molar-refractivity contribution in [3.8, 4) is 0 Å². The van der Waals surface area contributed by atoms with E-state index in [1.165, 1.54) is 28.6 Å². The van der Waals surface area contributed by atoms with Gasteiger partial charge in [0.25, 0.3) is 5.91 Å². The first kappa shape index (κ1) is 23.6. The third-order valence-corrected chi connectivity index (χ3v) is 7.25. The summed E-state index contributed by atoms with van der Waals surface area (Å²) in [4.78, 5) is 22.6. The lowest BCUT2D eigenvalue weighted by Crippen LogP contribution is -2.48. The van der Waals surface area contributed by atoms with E-state index in [9.17, 15) is 26.4 Å². The number of halogens is 3. The first-order valence-corrected chi connectivity index (χ1v) is 11.7. The molecule has 34 heavy (non-hydrogen) atoms. The second-order valence-corrected chi connectivity index (χ2v) is 9.45. The maximum absolute atomic E-state index is 13.0. The van der Waals surface area contributed by atoms with Crippen LogP contribution in [-0.2, 0) is 16.2 Å². The van der Waals surface area contributed by atoms with Gasteiger partial charge < -0.3 is 10.2 Å². The fraction of sp³-hybridized carbons (Fsp3) is 0.227. The molecule has 1 aliphatic heterocycles. The molecule has 0 bridgehead atoms. The minimum Gasteiger partial charge on any atom is -0.353 e. The molecule has 1 saturated heterocycles. The number of piperazine rings is 1. The number of hydrogen-bond donors (Lipinski definition) is 1. The number of amides is 1. The Morgan fingerprint density at radius 1 is 0.912 bits per heavy atom. The van der Waals surface area contributed by atoms with Crippen LogP contribution < -0.4 is 10.2 Å². The van der Waals surface area contributed by atoms with Gasteiger partial charge in [-0.05, 0) is 48.5 Å². The lowest BCUT2D eigenvalue weighted by atomic mass is 10.1. The maximum Gasteiger partial charge on any atom is 0.416 e. The minimum atomic E-state index is -4.49. The molecule has 0 unspecified atom stereocenters. The van der Waals surface area contributed by atoms with E-state index in [4.69, 9.17) is 0 Å². The van der Waals surface area contributed by atoms with Gasteiger partial charge in [0.2, 0.25) is 10.0 Å². The summed E-state index contributed by atoms with van der Waals surface area (Å²) in [7, 11) is -3.73. The summed E-state index contributed by atoms with van der Waals surface area (Å²) in [6, 6.07) is 9.45. The van der Waals surface area contributed by atoms with E-state index >= 15 is 0 Å². The van der Waals surface area contributed by atoms with Gasteiger partial charge in [-0.25, -0.2) is 13.4 Å². The number of rotatable bonds is 5. The minimum absolute atomic E-state index is 0.0469. The zero-order valence-electron chi connectivity index (χ0n) is 17.7. The first-order valence-electron chi connectivity index (χ1n) is 10.2. The molecule has 0 aliphatic carbocycles. The van der Waals surface area contributed by atoms with Gasteiger partial charge in [0, 0.05) is 49.8 Å². The average molecular weight is 491 g/mol. The van der Waals surface area contributed by atoms with Crippen LogP contribution in [0.2, 0.25) is 0 Å². The third-order valence-electron chi connectivity index (χ3n) is 5.34. The van der Waals surface area contributed by atoms with E-state index < -0.39 is 27.7 Å². The Morgan fingerprint density at radius 2 is 1.56 bits per heavy atom. The predicted molar refractivity (Wildman–Crippen MR) is 119 cm³/mol.